The number of nitrogens with one attached hydrogen (secondary N) is 2. The summed E-state index contributed by atoms with van der Waals surface area (Å²) in [5.41, 5.74) is -0.457. The summed E-state index contributed by atoms with van der Waals surface area (Å²) in [7, 11) is -4.74. The van der Waals surface area contributed by atoms with Crippen molar-refractivity contribution in [1.29, 1.82) is 0 Å². The van der Waals surface area contributed by atoms with Crippen LogP contribution in [0.25, 0.3) is 0 Å². The van der Waals surface area contributed by atoms with Crippen LogP contribution in [0.1, 0.15) is 28.9 Å². The lowest BCUT2D eigenvalue weighted by molar-refractivity contribution is 0.0940. The predicted octanol–water partition coefficient (Wildman–Crippen LogP) is 5.30. The highest BCUT2D eigenvalue weighted by atomic mass is 79.9. The Morgan fingerprint density at radius 1 is 0.938 bits per heavy atom. The number of hydrogen-bond acceptors (Lipinski definition) is 3. The number of hydrogen-bond donors (Lipinski definition) is 2. The Bertz CT molecular complexity index is 1280. The average Bonchev–Trinajstić information content (AvgIpc) is 2.67. The minimum absolute atomic E-state index is 0.00687. The summed E-state index contributed by atoms with van der Waals surface area (Å²) in [6, 6.07) is 8.48. The van der Waals surface area contributed by atoms with Gasteiger partial charge in [-0.25, -0.2) is 26.0 Å². The second-order valence-electron chi connectivity index (χ2n) is 6.71. The molecule has 0 heterocycles. The molecule has 11 heteroatoms. The van der Waals surface area contributed by atoms with Crippen LogP contribution in [0.4, 0.5) is 23.2 Å². The lowest BCUT2D eigenvalue weighted by Gasteiger charge is -2.18. The minimum atomic E-state index is -4.74. The fourth-order valence-corrected chi connectivity index (χ4v) is 4.51. The first kappa shape index (κ1) is 23.7. The van der Waals surface area contributed by atoms with Gasteiger partial charge in [0.2, 0.25) is 0 Å². The van der Waals surface area contributed by atoms with Crippen LogP contribution in [0.5, 0.6) is 0 Å². The van der Waals surface area contributed by atoms with Crippen LogP contribution in [-0.2, 0) is 10.0 Å². The van der Waals surface area contributed by atoms with E-state index in [0.717, 1.165) is 24.3 Å². The molecule has 0 bridgehead atoms. The van der Waals surface area contributed by atoms with Gasteiger partial charge in [0, 0.05) is 16.1 Å². The van der Waals surface area contributed by atoms with Crippen LogP contribution < -0.4 is 10.0 Å². The molecule has 0 aliphatic rings. The van der Waals surface area contributed by atoms with Crippen molar-refractivity contribution in [3.05, 3.63) is 93.5 Å². The minimum Gasteiger partial charge on any atom is -0.345 e. The average molecular weight is 531 g/mol. The van der Waals surface area contributed by atoms with E-state index in [1.54, 1.807) is 0 Å². The number of halogens is 5. The van der Waals surface area contributed by atoms with Crippen molar-refractivity contribution in [2.75, 3.05) is 4.72 Å². The summed E-state index contributed by atoms with van der Waals surface area (Å²) in [4.78, 5) is 11.6. The second kappa shape index (κ2) is 9.29. The summed E-state index contributed by atoms with van der Waals surface area (Å²) >= 11 is 3.14. The normalized spacial score (nSPS) is 12.3. The van der Waals surface area contributed by atoms with Gasteiger partial charge in [0.05, 0.1) is 17.3 Å². The topological polar surface area (TPSA) is 75.3 Å². The molecule has 0 unspecified atom stereocenters. The zero-order valence-electron chi connectivity index (χ0n) is 16.3. The quantitative estimate of drug-likeness (QED) is 0.425. The SMILES string of the molecule is C[C@@H](NC(=O)c1ccc(Br)cc1NS(=O)(=O)c1c(F)cccc1F)c1ccc(F)cc1F. The summed E-state index contributed by atoms with van der Waals surface area (Å²) in [6.45, 7) is 1.45. The Morgan fingerprint density at radius 3 is 2.22 bits per heavy atom. The van der Waals surface area contributed by atoms with Crippen molar-refractivity contribution in [3.8, 4) is 0 Å². The number of sulfonamides is 1. The molecule has 0 saturated carbocycles. The summed E-state index contributed by atoms with van der Waals surface area (Å²) < 4.78 is 82.8. The largest absolute Gasteiger partial charge is 0.345 e. The van der Waals surface area contributed by atoms with E-state index in [9.17, 15) is 30.8 Å². The molecule has 168 valence electrons. The highest BCUT2D eigenvalue weighted by molar-refractivity contribution is 9.10. The zero-order valence-corrected chi connectivity index (χ0v) is 18.7. The monoisotopic (exact) mass is 530 g/mol. The van der Waals surface area contributed by atoms with Crippen molar-refractivity contribution in [3.63, 3.8) is 0 Å². The van der Waals surface area contributed by atoms with E-state index < -0.39 is 50.1 Å². The van der Waals surface area contributed by atoms with E-state index in [0.29, 0.717) is 10.5 Å². The second-order valence-corrected chi connectivity index (χ2v) is 9.24. The van der Waals surface area contributed by atoms with Gasteiger partial charge >= 0.3 is 0 Å². The van der Waals surface area contributed by atoms with Crippen LogP contribution in [0.3, 0.4) is 0 Å². The highest BCUT2D eigenvalue weighted by Gasteiger charge is 2.26. The molecule has 3 aromatic rings. The number of carbonyl (C=O) groups excluding carboxylic acids is 1. The van der Waals surface area contributed by atoms with Gasteiger partial charge in [0.1, 0.15) is 23.3 Å². The first-order valence-corrected chi connectivity index (χ1v) is 11.3. The summed E-state index contributed by atoms with van der Waals surface area (Å²) in [6.07, 6.45) is 0. The zero-order chi connectivity index (χ0) is 23.6. The van der Waals surface area contributed by atoms with Crippen LogP contribution in [0, 0.1) is 23.3 Å². The number of anilines is 1. The molecule has 1 amide bonds. The van der Waals surface area contributed by atoms with E-state index in [4.69, 9.17) is 0 Å². The number of amides is 1. The van der Waals surface area contributed by atoms with Crippen molar-refractivity contribution in [2.24, 2.45) is 0 Å². The van der Waals surface area contributed by atoms with Crippen LogP contribution in [-0.4, -0.2) is 14.3 Å². The molecular weight excluding hydrogens is 516 g/mol. The molecule has 3 rings (SSSR count). The van der Waals surface area contributed by atoms with Crippen molar-refractivity contribution in [1.82, 2.24) is 5.32 Å². The highest BCUT2D eigenvalue weighted by Crippen LogP contribution is 2.27. The maximum atomic E-state index is 14.0. The number of carbonyl (C=O) groups is 1. The molecule has 0 radical (unpaired) electrons. The number of benzene rings is 3. The van der Waals surface area contributed by atoms with Crippen molar-refractivity contribution < 1.29 is 30.8 Å². The molecule has 0 aliphatic heterocycles. The van der Waals surface area contributed by atoms with Gasteiger partial charge in [0.25, 0.3) is 15.9 Å². The standard InChI is InChI=1S/C21H15BrF4N2O3S/c1-11(14-8-6-13(23)10-18(14)26)27-21(29)15-7-5-12(22)9-19(15)28-32(30,31)20-16(24)3-2-4-17(20)25/h2-11,28H,1H3,(H,27,29)/t11-/m1/s1. The molecule has 5 nitrogen and oxygen atoms in total. The fourth-order valence-electron chi connectivity index (χ4n) is 2.94. The molecule has 0 saturated heterocycles. The Balaban J connectivity index is 1.93. The van der Waals surface area contributed by atoms with Crippen LogP contribution in [0.15, 0.2) is 64.0 Å². The third-order valence-corrected chi connectivity index (χ3v) is 6.34. The number of rotatable bonds is 6. The van der Waals surface area contributed by atoms with Gasteiger partial charge in [0.15, 0.2) is 4.90 Å². The molecule has 0 spiro atoms. The van der Waals surface area contributed by atoms with Gasteiger partial charge in [-0.2, -0.15) is 0 Å². The maximum absolute atomic E-state index is 14.0. The van der Waals surface area contributed by atoms with Crippen LogP contribution >= 0.6 is 15.9 Å². The first-order chi connectivity index (χ1) is 15.0. The molecule has 0 aliphatic carbocycles. The van der Waals surface area contributed by atoms with Gasteiger partial charge in [-0.1, -0.05) is 28.1 Å². The van der Waals surface area contributed by atoms with Crippen LogP contribution in [0.2, 0.25) is 0 Å². The molecule has 2 N–H and O–H groups in total. The van der Waals surface area contributed by atoms with Gasteiger partial charge in [-0.15, -0.1) is 0 Å². The predicted molar refractivity (Wildman–Crippen MR) is 114 cm³/mol. The van der Waals surface area contributed by atoms with E-state index in [2.05, 4.69) is 21.2 Å². The molecular formula is C21H15BrF4N2O3S. The Kier molecular flexibility index (Phi) is 6.89. The van der Waals surface area contributed by atoms with E-state index in [1.165, 1.54) is 31.2 Å². The Labute approximate surface area is 189 Å². The van der Waals surface area contributed by atoms with Crippen molar-refractivity contribution in [2.45, 2.75) is 17.9 Å². The molecule has 0 fully saturated rings. The lowest BCUT2D eigenvalue weighted by Crippen LogP contribution is -2.28. The Morgan fingerprint density at radius 2 is 1.59 bits per heavy atom. The van der Waals surface area contributed by atoms with E-state index >= 15 is 0 Å². The third-order valence-electron chi connectivity index (χ3n) is 4.43. The van der Waals surface area contributed by atoms with Gasteiger partial charge < -0.3 is 5.32 Å². The maximum Gasteiger partial charge on any atom is 0.267 e. The molecule has 0 aromatic heterocycles. The molecule has 1 atom stereocenters. The Hall–Kier alpha value is -2.92. The summed E-state index contributed by atoms with van der Waals surface area (Å²) in [5.74, 6) is -5.07. The first-order valence-electron chi connectivity index (χ1n) is 9.02. The molecule has 32 heavy (non-hydrogen) atoms. The summed E-state index contributed by atoms with van der Waals surface area (Å²) in [5, 5.41) is 2.48. The molecule has 3 aromatic carbocycles. The fraction of sp³-hybridized carbons (Fsp3) is 0.0952. The third kappa shape index (κ3) is 5.10. The van der Waals surface area contributed by atoms with Crippen molar-refractivity contribution >= 4 is 37.5 Å². The van der Waals surface area contributed by atoms with E-state index in [1.807, 2.05) is 4.72 Å². The van der Waals surface area contributed by atoms with E-state index in [-0.39, 0.29) is 16.8 Å². The van der Waals surface area contributed by atoms with Gasteiger partial charge in [-0.3, -0.25) is 9.52 Å². The smallest absolute Gasteiger partial charge is 0.267 e. The lowest BCUT2D eigenvalue weighted by atomic mass is 10.1. The van der Waals surface area contributed by atoms with Gasteiger partial charge in [-0.05, 0) is 43.3 Å².